The zero-order valence-electron chi connectivity index (χ0n) is 20.5. The average Bonchev–Trinajstić information content (AvgIpc) is 3.16. The zero-order chi connectivity index (χ0) is 25.2. The van der Waals surface area contributed by atoms with E-state index in [1.807, 2.05) is 36.4 Å². The highest BCUT2D eigenvalue weighted by molar-refractivity contribution is 8.26. The topological polar surface area (TPSA) is 61.2 Å². The van der Waals surface area contributed by atoms with Gasteiger partial charge in [0.25, 0.3) is 11.5 Å². The second-order valence-electron chi connectivity index (χ2n) is 9.41. The van der Waals surface area contributed by atoms with Crippen LogP contribution in [0.5, 0.6) is 0 Å². The number of amides is 1. The number of fused-ring (bicyclic) bond motifs is 1. The Balaban J connectivity index is 1.49. The van der Waals surface area contributed by atoms with E-state index in [4.69, 9.17) is 17.2 Å². The molecule has 0 N–H and O–H groups in total. The van der Waals surface area contributed by atoms with Crippen LogP contribution in [0.4, 0.5) is 11.5 Å². The van der Waals surface area contributed by atoms with Gasteiger partial charge in [-0.05, 0) is 42.7 Å². The molecule has 186 valence electrons. The molecule has 2 aliphatic heterocycles. The number of hydrogen-bond acceptors (Lipinski definition) is 7. The maximum absolute atomic E-state index is 13.6. The van der Waals surface area contributed by atoms with Crippen molar-refractivity contribution in [3.63, 3.8) is 0 Å². The summed E-state index contributed by atoms with van der Waals surface area (Å²) >= 11 is 6.76. The van der Waals surface area contributed by atoms with E-state index in [0.717, 1.165) is 32.6 Å². The van der Waals surface area contributed by atoms with E-state index >= 15 is 0 Å². The minimum atomic E-state index is -0.187. The number of nitrogens with zero attached hydrogens (tertiary/aromatic N) is 5. The van der Waals surface area contributed by atoms with Gasteiger partial charge in [0.15, 0.2) is 0 Å². The highest BCUT2D eigenvalue weighted by Crippen LogP contribution is 2.34. The monoisotopic (exact) mass is 519 g/mol. The fraction of sp³-hybridized carbons (Fsp3) is 0.333. The summed E-state index contributed by atoms with van der Waals surface area (Å²) in [5.74, 6) is 0.948. The number of aromatic nitrogens is 2. The van der Waals surface area contributed by atoms with Crippen molar-refractivity contribution >= 4 is 57.4 Å². The molecule has 2 aromatic heterocycles. The van der Waals surface area contributed by atoms with Gasteiger partial charge in [-0.3, -0.25) is 18.9 Å². The lowest BCUT2D eigenvalue weighted by Gasteiger charge is -2.37. The fourth-order valence-corrected chi connectivity index (χ4v) is 5.78. The first-order chi connectivity index (χ1) is 17.4. The summed E-state index contributed by atoms with van der Waals surface area (Å²) in [4.78, 5) is 38.3. The highest BCUT2D eigenvalue weighted by atomic mass is 32.2. The molecule has 0 aliphatic carbocycles. The van der Waals surface area contributed by atoms with Gasteiger partial charge < -0.3 is 9.80 Å². The van der Waals surface area contributed by atoms with E-state index in [1.54, 1.807) is 17.2 Å². The molecule has 0 unspecified atom stereocenters. The van der Waals surface area contributed by atoms with Crippen LogP contribution in [0.25, 0.3) is 11.7 Å². The quantitative estimate of drug-likeness (QED) is 0.356. The van der Waals surface area contributed by atoms with Crippen LogP contribution in [-0.4, -0.2) is 57.2 Å². The summed E-state index contributed by atoms with van der Waals surface area (Å²) in [6.07, 6.45) is 4.28. The SMILES string of the molecule is CC(C)CCN1C(=O)/C(=C/c2c(N3CCN(c4ccccc4)CC3)nc3ccccn3c2=O)SC1=S. The molecular formula is C27H29N5O2S2. The predicted molar refractivity (Wildman–Crippen MR) is 152 cm³/mol. The van der Waals surface area contributed by atoms with Gasteiger partial charge in [-0.2, -0.15) is 0 Å². The highest BCUT2D eigenvalue weighted by Gasteiger charge is 2.33. The third-order valence-electron chi connectivity index (χ3n) is 6.53. The maximum Gasteiger partial charge on any atom is 0.267 e. The van der Waals surface area contributed by atoms with Crippen molar-refractivity contribution in [3.8, 4) is 0 Å². The van der Waals surface area contributed by atoms with Crippen LogP contribution in [0.3, 0.4) is 0 Å². The van der Waals surface area contributed by atoms with Gasteiger partial charge in [0.2, 0.25) is 0 Å². The lowest BCUT2D eigenvalue weighted by atomic mass is 10.1. The summed E-state index contributed by atoms with van der Waals surface area (Å²) in [5.41, 5.74) is 2.02. The third kappa shape index (κ3) is 4.90. The number of piperazine rings is 1. The number of anilines is 2. The Morgan fingerprint density at radius 3 is 2.42 bits per heavy atom. The van der Waals surface area contributed by atoms with Crippen LogP contribution >= 0.6 is 24.0 Å². The Bertz CT molecular complexity index is 1380. The van der Waals surface area contributed by atoms with Crippen LogP contribution in [0, 0.1) is 5.92 Å². The maximum atomic E-state index is 13.6. The summed E-state index contributed by atoms with van der Waals surface area (Å²) in [6, 6.07) is 15.9. The van der Waals surface area contributed by atoms with Crippen LogP contribution in [0.15, 0.2) is 64.4 Å². The first-order valence-electron chi connectivity index (χ1n) is 12.2. The fourth-order valence-electron chi connectivity index (χ4n) is 4.48. The van der Waals surface area contributed by atoms with Crippen molar-refractivity contribution in [2.45, 2.75) is 20.3 Å². The molecule has 1 aromatic carbocycles. The molecular weight excluding hydrogens is 490 g/mol. The van der Waals surface area contributed by atoms with E-state index in [0.29, 0.717) is 38.7 Å². The molecule has 0 bridgehead atoms. The van der Waals surface area contributed by atoms with Crippen LogP contribution in [0.1, 0.15) is 25.8 Å². The molecule has 4 heterocycles. The van der Waals surface area contributed by atoms with E-state index < -0.39 is 0 Å². The molecule has 2 saturated heterocycles. The zero-order valence-corrected chi connectivity index (χ0v) is 22.1. The Morgan fingerprint density at radius 2 is 1.69 bits per heavy atom. The molecule has 0 saturated carbocycles. The minimum absolute atomic E-state index is 0.136. The van der Waals surface area contributed by atoms with Gasteiger partial charge in [0.05, 0.1) is 10.5 Å². The minimum Gasteiger partial charge on any atom is -0.368 e. The number of rotatable bonds is 6. The molecule has 2 fully saturated rings. The molecule has 2 aliphatic rings. The summed E-state index contributed by atoms with van der Waals surface area (Å²) in [6.45, 7) is 7.91. The molecule has 0 atom stereocenters. The summed E-state index contributed by atoms with van der Waals surface area (Å²) in [7, 11) is 0. The van der Waals surface area contributed by atoms with Gasteiger partial charge in [0, 0.05) is 44.6 Å². The third-order valence-corrected chi connectivity index (χ3v) is 7.91. The first kappa shape index (κ1) is 24.5. The smallest absolute Gasteiger partial charge is 0.267 e. The second-order valence-corrected chi connectivity index (χ2v) is 11.1. The number of thioether (sulfide) groups is 1. The number of thiocarbonyl (C=S) groups is 1. The normalized spacial score (nSPS) is 17.8. The summed E-state index contributed by atoms with van der Waals surface area (Å²) in [5, 5.41) is 0. The molecule has 3 aromatic rings. The van der Waals surface area contributed by atoms with Gasteiger partial charge in [-0.25, -0.2) is 4.98 Å². The second kappa shape index (κ2) is 10.4. The number of pyridine rings is 1. The predicted octanol–water partition coefficient (Wildman–Crippen LogP) is 4.27. The Morgan fingerprint density at radius 1 is 1.00 bits per heavy atom. The molecule has 9 heteroatoms. The van der Waals surface area contributed by atoms with Gasteiger partial charge in [-0.1, -0.05) is 62.1 Å². The Hall–Kier alpha value is -3.17. The largest absolute Gasteiger partial charge is 0.368 e. The van der Waals surface area contributed by atoms with Crippen molar-refractivity contribution in [3.05, 3.63) is 75.6 Å². The standard InChI is InChI=1S/C27H29N5O2S2/c1-19(2)11-13-32-26(34)22(36-27(32)35)18-21-24(28-23-10-6-7-12-31(23)25(21)33)30-16-14-29(15-17-30)20-8-4-3-5-9-20/h3-10,12,18-19H,11,13-17H2,1-2H3/b22-18-. The molecule has 0 spiro atoms. The van der Waals surface area contributed by atoms with Crippen molar-refractivity contribution in [1.29, 1.82) is 0 Å². The molecule has 7 nitrogen and oxygen atoms in total. The Kier molecular flexibility index (Phi) is 7.11. The van der Waals surface area contributed by atoms with Crippen molar-refractivity contribution in [1.82, 2.24) is 14.3 Å². The average molecular weight is 520 g/mol. The van der Waals surface area contributed by atoms with Crippen molar-refractivity contribution < 1.29 is 4.79 Å². The molecule has 1 amide bonds. The molecule has 36 heavy (non-hydrogen) atoms. The number of carbonyl (C=O) groups excluding carboxylic acids is 1. The lowest BCUT2D eigenvalue weighted by Crippen LogP contribution is -2.47. The first-order valence-corrected chi connectivity index (χ1v) is 13.5. The van der Waals surface area contributed by atoms with Crippen LogP contribution < -0.4 is 15.4 Å². The van der Waals surface area contributed by atoms with E-state index in [9.17, 15) is 9.59 Å². The number of carbonyl (C=O) groups is 1. The number of para-hydroxylation sites is 1. The Labute approximate surface area is 220 Å². The van der Waals surface area contributed by atoms with Crippen LogP contribution in [-0.2, 0) is 4.79 Å². The van der Waals surface area contributed by atoms with E-state index in [1.165, 1.54) is 21.8 Å². The van der Waals surface area contributed by atoms with Crippen molar-refractivity contribution in [2.75, 3.05) is 42.5 Å². The van der Waals surface area contributed by atoms with Gasteiger partial charge in [-0.15, -0.1) is 0 Å². The lowest BCUT2D eigenvalue weighted by molar-refractivity contribution is -0.122. The van der Waals surface area contributed by atoms with Gasteiger partial charge in [0.1, 0.15) is 15.8 Å². The summed E-state index contributed by atoms with van der Waals surface area (Å²) < 4.78 is 2.08. The molecule has 0 radical (unpaired) electrons. The van der Waals surface area contributed by atoms with Gasteiger partial charge >= 0.3 is 0 Å². The van der Waals surface area contributed by atoms with Crippen molar-refractivity contribution in [2.24, 2.45) is 5.92 Å². The van der Waals surface area contributed by atoms with E-state index in [2.05, 4.69) is 35.8 Å². The van der Waals surface area contributed by atoms with E-state index in [-0.39, 0.29) is 11.5 Å². The number of hydrogen-bond donors (Lipinski definition) is 0. The van der Waals surface area contributed by atoms with Crippen LogP contribution in [0.2, 0.25) is 0 Å². The number of benzene rings is 1. The molecule has 5 rings (SSSR count).